The van der Waals surface area contributed by atoms with Crippen molar-refractivity contribution in [2.24, 2.45) is 5.92 Å². The lowest BCUT2D eigenvalue weighted by atomic mass is 9.90. The topological polar surface area (TPSA) is 60.8 Å². The number of hydrogen-bond acceptors (Lipinski definition) is 4. The number of likely N-dealkylation sites (tertiary alicyclic amines) is 1. The Hall–Kier alpha value is -0.910. The van der Waals surface area contributed by atoms with Gasteiger partial charge in [-0.1, -0.05) is 6.92 Å². The quantitative estimate of drug-likeness (QED) is 0.809. The van der Waals surface area contributed by atoms with E-state index in [2.05, 4.69) is 6.92 Å². The molecule has 0 radical (unpaired) electrons. The number of aliphatic hydroxyl groups excluding tert-OH is 2. The van der Waals surface area contributed by atoms with Crippen LogP contribution in [0.1, 0.15) is 33.5 Å². The monoisotopic (exact) mass is 281 g/mol. The number of β-amino-alcohol motifs (C(OH)–C–C–N with tert-alkyl or cyclic N) is 2. The summed E-state index contributed by atoms with van der Waals surface area (Å²) in [6.45, 7) is 2.72. The van der Waals surface area contributed by atoms with Gasteiger partial charge in [-0.25, -0.2) is 0 Å². The molecule has 1 saturated heterocycles. The van der Waals surface area contributed by atoms with E-state index >= 15 is 0 Å². The van der Waals surface area contributed by atoms with E-state index in [0.717, 1.165) is 17.7 Å². The van der Waals surface area contributed by atoms with E-state index in [0.29, 0.717) is 5.92 Å². The molecule has 0 saturated carbocycles. The standard InChI is InChI=1S/C14H19NO3S/c1-8-2-3-12-9(4-8)5-13(19-12)14(18)15-6-10(16)11(17)7-15/h5,8,10-11,16-17H,2-4,6-7H2,1H3/t8?,10-,11+. The predicted octanol–water partition coefficient (Wildman–Crippen LogP) is 1.05. The largest absolute Gasteiger partial charge is 0.388 e. The van der Waals surface area contributed by atoms with Crippen LogP contribution in [0.4, 0.5) is 0 Å². The highest BCUT2D eigenvalue weighted by Gasteiger charge is 2.34. The zero-order valence-corrected chi connectivity index (χ0v) is 11.8. The van der Waals surface area contributed by atoms with Crippen LogP contribution < -0.4 is 0 Å². The minimum Gasteiger partial charge on any atom is -0.388 e. The van der Waals surface area contributed by atoms with Crippen LogP contribution in [0.5, 0.6) is 0 Å². The number of carbonyl (C=O) groups is 1. The van der Waals surface area contributed by atoms with Gasteiger partial charge in [-0.3, -0.25) is 4.79 Å². The molecule has 2 aliphatic rings. The molecule has 2 N–H and O–H groups in total. The number of thiophene rings is 1. The van der Waals surface area contributed by atoms with Gasteiger partial charge in [0, 0.05) is 18.0 Å². The van der Waals surface area contributed by atoms with E-state index in [-0.39, 0.29) is 19.0 Å². The summed E-state index contributed by atoms with van der Waals surface area (Å²) >= 11 is 1.58. The lowest BCUT2D eigenvalue weighted by molar-refractivity contribution is 0.0572. The van der Waals surface area contributed by atoms with Gasteiger partial charge in [-0.2, -0.15) is 0 Å². The van der Waals surface area contributed by atoms with E-state index in [1.165, 1.54) is 16.9 Å². The third-order valence-electron chi connectivity index (χ3n) is 4.09. The first-order valence-corrected chi connectivity index (χ1v) is 7.63. The molecular formula is C14H19NO3S. The number of fused-ring (bicyclic) bond motifs is 1. The second-order valence-corrected chi connectivity index (χ2v) is 6.89. The smallest absolute Gasteiger partial charge is 0.264 e. The zero-order chi connectivity index (χ0) is 13.6. The van der Waals surface area contributed by atoms with Crippen LogP contribution in [0.3, 0.4) is 0 Å². The van der Waals surface area contributed by atoms with Crippen molar-refractivity contribution in [2.75, 3.05) is 13.1 Å². The van der Waals surface area contributed by atoms with Crippen LogP contribution >= 0.6 is 11.3 Å². The van der Waals surface area contributed by atoms with Crippen LogP contribution in [0.2, 0.25) is 0 Å². The highest BCUT2D eigenvalue weighted by molar-refractivity contribution is 7.14. The summed E-state index contributed by atoms with van der Waals surface area (Å²) in [4.78, 5) is 16.0. The first-order valence-electron chi connectivity index (χ1n) is 6.81. The minimum atomic E-state index is -0.807. The molecule has 5 heteroatoms. The first kappa shape index (κ1) is 13.1. The second kappa shape index (κ2) is 4.89. The molecule has 1 unspecified atom stereocenters. The maximum absolute atomic E-state index is 12.4. The lowest BCUT2D eigenvalue weighted by Gasteiger charge is -2.16. The molecule has 2 heterocycles. The maximum Gasteiger partial charge on any atom is 0.264 e. The third kappa shape index (κ3) is 2.42. The molecule has 1 aliphatic heterocycles. The summed E-state index contributed by atoms with van der Waals surface area (Å²) in [7, 11) is 0. The zero-order valence-electron chi connectivity index (χ0n) is 11.0. The van der Waals surface area contributed by atoms with E-state index < -0.39 is 12.2 Å². The van der Waals surface area contributed by atoms with Crippen LogP contribution in [-0.4, -0.2) is 46.3 Å². The predicted molar refractivity (Wildman–Crippen MR) is 73.4 cm³/mol. The molecule has 1 aliphatic carbocycles. The van der Waals surface area contributed by atoms with E-state index in [1.54, 1.807) is 16.2 Å². The Kier molecular flexibility index (Phi) is 3.37. The molecule has 19 heavy (non-hydrogen) atoms. The van der Waals surface area contributed by atoms with Crippen LogP contribution in [0.25, 0.3) is 0 Å². The van der Waals surface area contributed by atoms with Crippen molar-refractivity contribution in [3.63, 3.8) is 0 Å². The van der Waals surface area contributed by atoms with Gasteiger partial charge in [0.1, 0.15) is 0 Å². The fourth-order valence-corrected chi connectivity index (χ4v) is 4.08. The molecule has 3 atom stereocenters. The van der Waals surface area contributed by atoms with Crippen molar-refractivity contribution in [1.82, 2.24) is 4.90 Å². The van der Waals surface area contributed by atoms with Crippen molar-refractivity contribution < 1.29 is 15.0 Å². The Labute approximate surface area is 116 Å². The summed E-state index contributed by atoms with van der Waals surface area (Å²) in [5.41, 5.74) is 1.31. The Bertz CT molecular complexity index is 489. The number of amides is 1. The van der Waals surface area contributed by atoms with Gasteiger partial charge in [0.2, 0.25) is 0 Å². The van der Waals surface area contributed by atoms with Crippen molar-refractivity contribution >= 4 is 17.2 Å². The fraction of sp³-hybridized carbons (Fsp3) is 0.643. The molecular weight excluding hydrogens is 262 g/mol. The third-order valence-corrected chi connectivity index (χ3v) is 5.31. The Morgan fingerprint density at radius 1 is 1.37 bits per heavy atom. The summed E-state index contributed by atoms with van der Waals surface area (Å²) in [5, 5.41) is 19.0. The van der Waals surface area contributed by atoms with Gasteiger partial charge < -0.3 is 15.1 Å². The van der Waals surface area contributed by atoms with E-state index in [1.807, 2.05) is 6.07 Å². The highest BCUT2D eigenvalue weighted by Crippen LogP contribution is 2.33. The molecule has 3 rings (SSSR count). The molecule has 0 aromatic carbocycles. The fourth-order valence-electron chi connectivity index (χ4n) is 2.90. The SMILES string of the molecule is CC1CCc2sc(C(=O)N3C[C@@H](O)[C@@H](O)C3)cc2C1. The summed E-state index contributed by atoms with van der Waals surface area (Å²) in [6.07, 6.45) is 1.71. The molecule has 1 aromatic heterocycles. The molecule has 1 aromatic rings. The van der Waals surface area contributed by atoms with Crippen molar-refractivity contribution in [3.05, 3.63) is 21.4 Å². The van der Waals surface area contributed by atoms with Crippen LogP contribution in [-0.2, 0) is 12.8 Å². The first-order chi connectivity index (χ1) is 9.04. The number of aliphatic hydroxyl groups is 2. The van der Waals surface area contributed by atoms with Gasteiger partial charge >= 0.3 is 0 Å². The number of rotatable bonds is 1. The minimum absolute atomic E-state index is 0.0531. The number of aryl methyl sites for hydroxylation is 1. The Balaban J connectivity index is 1.78. The number of hydrogen-bond donors (Lipinski definition) is 2. The summed E-state index contributed by atoms with van der Waals surface area (Å²) in [5.74, 6) is 0.642. The molecule has 1 fully saturated rings. The number of carbonyl (C=O) groups excluding carboxylic acids is 1. The molecule has 1 amide bonds. The molecule has 4 nitrogen and oxygen atoms in total. The van der Waals surface area contributed by atoms with Gasteiger partial charge in [0.25, 0.3) is 5.91 Å². The maximum atomic E-state index is 12.4. The van der Waals surface area contributed by atoms with Crippen molar-refractivity contribution in [1.29, 1.82) is 0 Å². The van der Waals surface area contributed by atoms with Crippen LogP contribution in [0.15, 0.2) is 6.07 Å². The van der Waals surface area contributed by atoms with Gasteiger partial charge in [0.05, 0.1) is 17.1 Å². The lowest BCUT2D eigenvalue weighted by Crippen LogP contribution is -2.29. The van der Waals surface area contributed by atoms with Gasteiger partial charge in [-0.05, 0) is 36.8 Å². The molecule has 104 valence electrons. The Morgan fingerprint density at radius 3 is 2.74 bits per heavy atom. The van der Waals surface area contributed by atoms with E-state index in [9.17, 15) is 15.0 Å². The molecule has 0 spiro atoms. The summed E-state index contributed by atoms with van der Waals surface area (Å²) in [6, 6.07) is 2.01. The molecule has 0 bridgehead atoms. The van der Waals surface area contributed by atoms with Crippen molar-refractivity contribution in [2.45, 2.75) is 38.4 Å². The second-order valence-electron chi connectivity index (χ2n) is 5.75. The summed E-state index contributed by atoms with van der Waals surface area (Å²) < 4.78 is 0. The average molecular weight is 281 g/mol. The normalized spacial score (nSPS) is 30.5. The van der Waals surface area contributed by atoms with Crippen molar-refractivity contribution in [3.8, 4) is 0 Å². The van der Waals surface area contributed by atoms with Crippen LogP contribution in [0, 0.1) is 5.92 Å². The van der Waals surface area contributed by atoms with E-state index in [4.69, 9.17) is 0 Å². The highest BCUT2D eigenvalue weighted by atomic mass is 32.1. The van der Waals surface area contributed by atoms with Gasteiger partial charge in [0.15, 0.2) is 0 Å². The Morgan fingerprint density at radius 2 is 2.05 bits per heavy atom. The average Bonchev–Trinajstić information content (AvgIpc) is 2.92. The number of nitrogens with zero attached hydrogens (tertiary/aromatic N) is 1. The van der Waals surface area contributed by atoms with Gasteiger partial charge in [-0.15, -0.1) is 11.3 Å².